The minimum Gasteiger partial charge on any atom is -0.409 e. The van der Waals surface area contributed by atoms with Crippen LogP contribution >= 0.6 is 45.8 Å². The van der Waals surface area contributed by atoms with E-state index in [1.54, 1.807) is 0 Å². The summed E-state index contributed by atoms with van der Waals surface area (Å²) in [4.78, 5) is 0. The van der Waals surface area contributed by atoms with Crippen LogP contribution in [-0.2, 0) is 0 Å². The van der Waals surface area contributed by atoms with Gasteiger partial charge < -0.3 is 13.6 Å². The lowest BCUT2D eigenvalue weighted by atomic mass is 10.2. The Bertz CT molecular complexity index is 693. The van der Waals surface area contributed by atoms with Crippen LogP contribution in [0.15, 0.2) is 72.8 Å². The first kappa shape index (κ1) is 22.2. The second-order valence-electron chi connectivity index (χ2n) is 5.94. The molecule has 0 amide bonds. The molecule has 3 aromatic carbocycles. The Morgan fingerprint density at radius 1 is 0.481 bits per heavy atom. The second kappa shape index (κ2) is 11.7. The summed E-state index contributed by atoms with van der Waals surface area (Å²) < 4.78 is 17.9. The molecule has 0 saturated heterocycles. The van der Waals surface area contributed by atoms with E-state index in [2.05, 4.69) is 37.2 Å². The highest BCUT2D eigenvalue weighted by atomic mass is 128. The van der Waals surface area contributed by atoms with E-state index in [0.717, 1.165) is 17.2 Å². The monoisotopic (exact) mass is 606 g/mol. The van der Waals surface area contributed by atoms with E-state index in [9.17, 15) is 0 Å². The van der Waals surface area contributed by atoms with Gasteiger partial charge in [0.2, 0.25) is 0 Å². The highest BCUT2D eigenvalue weighted by molar-refractivity contribution is 15.0. The molecule has 0 bridgehead atoms. The van der Waals surface area contributed by atoms with E-state index < -0.39 is 8.60 Å². The largest absolute Gasteiger partial charge is 0.530 e. The van der Waals surface area contributed by atoms with E-state index in [1.807, 2.05) is 93.6 Å². The molecule has 0 saturated carbocycles. The molecule has 0 aliphatic rings. The average molecular weight is 606 g/mol. The topological polar surface area (TPSA) is 27.7 Å². The van der Waals surface area contributed by atoms with Gasteiger partial charge in [0, 0.05) is 37.2 Å². The molecule has 0 aromatic heterocycles. The summed E-state index contributed by atoms with van der Waals surface area (Å²) in [6.07, 6.45) is 0. The fraction of sp³-hybridized carbons (Fsp3) is 0.143. The maximum atomic E-state index is 5.96. The van der Waals surface area contributed by atoms with Gasteiger partial charge in [0.1, 0.15) is 17.2 Å². The van der Waals surface area contributed by atoms with Crippen LogP contribution in [0.5, 0.6) is 17.2 Å². The first-order chi connectivity index (χ1) is 13.1. The predicted molar refractivity (Wildman–Crippen MR) is 130 cm³/mol. The first-order valence-corrected chi connectivity index (χ1v) is 15.6. The van der Waals surface area contributed by atoms with Gasteiger partial charge in [-0.25, -0.2) is 0 Å². The summed E-state index contributed by atoms with van der Waals surface area (Å²) in [6, 6.07) is 23.5. The van der Waals surface area contributed by atoms with Crippen molar-refractivity contribution in [2.75, 3.05) is 0 Å². The molecule has 6 heteroatoms. The summed E-state index contributed by atoms with van der Waals surface area (Å²) in [5.74, 6) is 2.16. The fourth-order valence-electron chi connectivity index (χ4n) is 2.11. The Hall–Kier alpha value is -1.05. The molecule has 27 heavy (non-hydrogen) atoms. The van der Waals surface area contributed by atoms with Gasteiger partial charge in [0.15, 0.2) is 0 Å². The molecule has 0 spiro atoms. The zero-order valence-corrected chi connectivity index (χ0v) is 20.6. The fourth-order valence-corrected chi connectivity index (χ4v) is 3.10. The predicted octanol–water partition coefficient (Wildman–Crippen LogP) is 8.15. The van der Waals surface area contributed by atoms with Crippen LogP contribution in [0.2, 0.25) is 0 Å². The number of hydrogen-bond acceptors (Lipinski definition) is 3. The molecule has 0 aliphatic heterocycles. The molecule has 142 valence electrons. The van der Waals surface area contributed by atoms with Crippen molar-refractivity contribution < 1.29 is 13.6 Å². The minimum absolute atomic E-state index is 0.718. The van der Waals surface area contributed by atoms with Crippen LogP contribution in [0.1, 0.15) is 16.7 Å². The lowest BCUT2D eigenvalue weighted by Crippen LogP contribution is -2.02. The Balaban J connectivity index is 0.00000126. The van der Waals surface area contributed by atoms with E-state index in [0.29, 0.717) is 0 Å². The highest BCUT2D eigenvalue weighted by Crippen LogP contribution is 2.42. The van der Waals surface area contributed by atoms with Crippen molar-refractivity contribution in [3.63, 3.8) is 0 Å². The number of halogens is 2. The lowest BCUT2D eigenvalue weighted by molar-refractivity contribution is 0.388. The third-order valence-corrected chi connectivity index (χ3v) is 4.68. The van der Waals surface area contributed by atoms with Gasteiger partial charge in [-0.3, -0.25) is 0 Å². The van der Waals surface area contributed by atoms with Crippen LogP contribution in [0.4, 0.5) is 0 Å². The van der Waals surface area contributed by atoms with E-state index in [-0.39, 0.29) is 0 Å². The summed E-state index contributed by atoms with van der Waals surface area (Å²) >= 11 is 4.24. The molecule has 3 rings (SSSR count). The molecule has 0 aliphatic carbocycles. The van der Waals surface area contributed by atoms with Crippen molar-refractivity contribution in [3.05, 3.63) is 89.5 Å². The van der Waals surface area contributed by atoms with Crippen molar-refractivity contribution in [3.8, 4) is 17.2 Å². The molecular weight excluding hydrogens is 585 g/mol. The molecule has 0 heterocycles. The normalized spacial score (nSPS) is 10.0. The van der Waals surface area contributed by atoms with Gasteiger partial charge >= 0.3 is 8.60 Å². The molecule has 0 unspecified atom stereocenters. The quantitative estimate of drug-likeness (QED) is 0.210. The van der Waals surface area contributed by atoms with Crippen molar-refractivity contribution in [1.29, 1.82) is 0 Å². The van der Waals surface area contributed by atoms with Crippen molar-refractivity contribution >= 4 is 45.8 Å². The zero-order valence-electron chi connectivity index (χ0n) is 15.4. The zero-order chi connectivity index (χ0) is 19.6. The number of aryl methyl sites for hydroxylation is 3. The molecular formula is C21H21I2O3P. The van der Waals surface area contributed by atoms with Crippen LogP contribution in [0, 0.1) is 20.8 Å². The SMILES string of the molecule is Cc1ccc(OP(Oc2ccc(C)cc2)Oc2ccc(C)cc2)cc1.II. The number of hydrogen-bond donors (Lipinski definition) is 0. The summed E-state index contributed by atoms with van der Waals surface area (Å²) in [5, 5.41) is 0. The molecule has 3 nitrogen and oxygen atoms in total. The van der Waals surface area contributed by atoms with Crippen molar-refractivity contribution in [2.24, 2.45) is 0 Å². The Morgan fingerprint density at radius 2 is 0.704 bits per heavy atom. The maximum Gasteiger partial charge on any atom is 0.530 e. The van der Waals surface area contributed by atoms with Crippen LogP contribution in [-0.4, -0.2) is 0 Å². The average Bonchev–Trinajstić information content (AvgIpc) is 2.69. The number of rotatable bonds is 6. The van der Waals surface area contributed by atoms with Gasteiger partial charge in [0.25, 0.3) is 0 Å². The van der Waals surface area contributed by atoms with Gasteiger partial charge in [-0.1, -0.05) is 53.1 Å². The van der Waals surface area contributed by atoms with Gasteiger partial charge in [-0.15, -0.1) is 0 Å². The molecule has 0 atom stereocenters. The molecule has 3 aromatic rings. The van der Waals surface area contributed by atoms with E-state index >= 15 is 0 Å². The first-order valence-electron chi connectivity index (χ1n) is 8.27. The van der Waals surface area contributed by atoms with Crippen molar-refractivity contribution in [1.82, 2.24) is 0 Å². The Kier molecular flexibility index (Phi) is 9.65. The molecule has 0 N–H and O–H groups in total. The highest BCUT2D eigenvalue weighted by Gasteiger charge is 2.19. The van der Waals surface area contributed by atoms with E-state index in [1.165, 1.54) is 16.7 Å². The standard InChI is InChI=1S/C21H21O3P.I2/c1-16-4-10-19(11-5-16)22-25(23-20-12-6-17(2)7-13-20)24-21-14-8-18(3)9-15-21;1-2/h4-15H,1-3H3;. The second-order valence-corrected chi connectivity index (χ2v) is 6.93. The maximum absolute atomic E-state index is 5.96. The molecule has 0 fully saturated rings. The summed E-state index contributed by atoms with van der Waals surface area (Å²) in [7, 11) is -1.62. The Morgan fingerprint density at radius 3 is 0.926 bits per heavy atom. The third-order valence-electron chi connectivity index (χ3n) is 3.60. The van der Waals surface area contributed by atoms with Crippen LogP contribution in [0.3, 0.4) is 0 Å². The van der Waals surface area contributed by atoms with Gasteiger partial charge in [-0.05, 0) is 57.2 Å². The smallest absolute Gasteiger partial charge is 0.409 e. The minimum atomic E-state index is -1.62. The summed E-state index contributed by atoms with van der Waals surface area (Å²) in [5.41, 5.74) is 3.53. The van der Waals surface area contributed by atoms with Gasteiger partial charge in [-0.2, -0.15) is 0 Å². The summed E-state index contributed by atoms with van der Waals surface area (Å²) in [6.45, 7) is 6.12. The van der Waals surface area contributed by atoms with Crippen LogP contribution in [0.25, 0.3) is 0 Å². The third kappa shape index (κ3) is 7.84. The molecule has 0 radical (unpaired) electrons. The van der Waals surface area contributed by atoms with E-state index in [4.69, 9.17) is 13.6 Å². The van der Waals surface area contributed by atoms with Crippen LogP contribution < -0.4 is 13.6 Å². The van der Waals surface area contributed by atoms with Crippen molar-refractivity contribution in [2.45, 2.75) is 20.8 Å². The van der Waals surface area contributed by atoms with Gasteiger partial charge in [0.05, 0.1) is 0 Å². The lowest BCUT2D eigenvalue weighted by Gasteiger charge is -2.18. The Labute approximate surface area is 185 Å². The number of benzene rings is 3.